The lowest BCUT2D eigenvalue weighted by molar-refractivity contribution is 0.350. The van der Waals surface area contributed by atoms with Gasteiger partial charge in [-0.05, 0) is 43.0 Å². The summed E-state index contributed by atoms with van der Waals surface area (Å²) in [6.07, 6.45) is 2.76. The van der Waals surface area contributed by atoms with Gasteiger partial charge in [0.1, 0.15) is 6.61 Å². The Balaban J connectivity index is 2.99. The molecule has 0 atom stereocenters. The molecular weight excluding hydrogens is 294 g/mol. The van der Waals surface area contributed by atoms with E-state index in [4.69, 9.17) is 5.11 Å². The molecule has 0 amide bonds. The number of hydrogen-bond acceptors (Lipinski definition) is 4. The Hall–Kier alpha value is -1.00. The maximum atomic E-state index is 12.2. The molecule has 2 N–H and O–H groups in total. The molecule has 20 heavy (non-hydrogen) atoms. The summed E-state index contributed by atoms with van der Waals surface area (Å²) in [7, 11) is -3.56. The fourth-order valence-electron chi connectivity index (χ4n) is 1.61. The minimum absolute atomic E-state index is 0.160. The molecule has 6 heteroatoms. The van der Waals surface area contributed by atoms with Crippen molar-refractivity contribution in [1.29, 1.82) is 0 Å². The second kappa shape index (κ2) is 8.32. The zero-order chi connectivity index (χ0) is 15.0. The molecule has 0 aliphatic rings. The van der Waals surface area contributed by atoms with Crippen molar-refractivity contribution in [3.63, 3.8) is 0 Å². The van der Waals surface area contributed by atoms with Crippen molar-refractivity contribution in [2.75, 3.05) is 25.2 Å². The van der Waals surface area contributed by atoms with Gasteiger partial charge in [-0.15, -0.1) is 0 Å². The third kappa shape index (κ3) is 5.17. The summed E-state index contributed by atoms with van der Waals surface area (Å²) >= 11 is 1.68. The fraction of sp³-hybridized carbons (Fsp3) is 0.429. The summed E-state index contributed by atoms with van der Waals surface area (Å²) in [5.74, 6) is 6.09. The number of rotatable bonds is 6. The molecule has 0 radical (unpaired) electrons. The van der Waals surface area contributed by atoms with Crippen LogP contribution in [0.1, 0.15) is 17.5 Å². The third-order valence-electron chi connectivity index (χ3n) is 2.54. The monoisotopic (exact) mass is 313 g/mol. The summed E-state index contributed by atoms with van der Waals surface area (Å²) in [6.45, 7) is 1.98. The Bertz CT molecular complexity index is 601. The normalized spacial score (nSPS) is 10.9. The van der Waals surface area contributed by atoms with E-state index in [1.807, 2.05) is 13.2 Å². The molecule has 1 aromatic rings. The van der Waals surface area contributed by atoms with Crippen molar-refractivity contribution >= 4 is 21.8 Å². The maximum absolute atomic E-state index is 12.2. The van der Waals surface area contributed by atoms with E-state index in [-0.39, 0.29) is 11.5 Å². The van der Waals surface area contributed by atoms with Crippen LogP contribution in [0.15, 0.2) is 23.1 Å². The summed E-state index contributed by atoms with van der Waals surface area (Å²) in [4.78, 5) is 0.160. The van der Waals surface area contributed by atoms with Crippen molar-refractivity contribution in [3.8, 4) is 11.8 Å². The van der Waals surface area contributed by atoms with E-state index >= 15 is 0 Å². The Morgan fingerprint density at radius 3 is 2.80 bits per heavy atom. The molecule has 0 saturated heterocycles. The van der Waals surface area contributed by atoms with Crippen molar-refractivity contribution in [2.24, 2.45) is 0 Å². The number of benzene rings is 1. The quantitative estimate of drug-likeness (QED) is 0.615. The van der Waals surface area contributed by atoms with Crippen LogP contribution >= 0.6 is 11.8 Å². The smallest absolute Gasteiger partial charge is 0.241 e. The molecule has 0 aliphatic heterocycles. The second-order valence-electron chi connectivity index (χ2n) is 4.20. The van der Waals surface area contributed by atoms with Crippen molar-refractivity contribution in [1.82, 2.24) is 4.72 Å². The van der Waals surface area contributed by atoms with Gasteiger partial charge >= 0.3 is 0 Å². The molecule has 1 rings (SSSR count). The largest absolute Gasteiger partial charge is 0.384 e. The first kappa shape index (κ1) is 17.1. The molecular formula is C14H19NO3S2. The molecule has 1 aromatic carbocycles. The summed E-state index contributed by atoms with van der Waals surface area (Å²) < 4.78 is 27.1. The fourth-order valence-corrected chi connectivity index (χ4v) is 3.26. The second-order valence-corrected chi connectivity index (χ2v) is 6.92. The molecule has 0 unspecified atom stereocenters. The zero-order valence-electron chi connectivity index (χ0n) is 11.6. The number of hydrogen-bond donors (Lipinski definition) is 2. The highest BCUT2D eigenvalue weighted by atomic mass is 32.2. The van der Waals surface area contributed by atoms with Crippen LogP contribution in [0.25, 0.3) is 0 Å². The van der Waals surface area contributed by atoms with E-state index < -0.39 is 10.0 Å². The number of aliphatic hydroxyl groups excluding tert-OH is 1. The Kier molecular flexibility index (Phi) is 7.10. The highest BCUT2D eigenvalue weighted by Crippen LogP contribution is 2.16. The van der Waals surface area contributed by atoms with Gasteiger partial charge in [-0.3, -0.25) is 0 Å². The lowest BCUT2D eigenvalue weighted by atomic mass is 10.1. The average Bonchev–Trinajstić information content (AvgIpc) is 2.41. The highest BCUT2D eigenvalue weighted by Gasteiger charge is 2.17. The van der Waals surface area contributed by atoms with E-state index in [0.29, 0.717) is 12.1 Å². The molecule has 0 bridgehead atoms. The van der Waals surface area contributed by atoms with Gasteiger partial charge in [0.2, 0.25) is 10.0 Å². The summed E-state index contributed by atoms with van der Waals surface area (Å²) in [5, 5.41) is 8.75. The van der Waals surface area contributed by atoms with Gasteiger partial charge in [0.05, 0.1) is 4.90 Å². The lowest BCUT2D eigenvalue weighted by Crippen LogP contribution is -2.26. The topological polar surface area (TPSA) is 66.4 Å². The molecule has 0 aliphatic carbocycles. The predicted octanol–water partition coefficient (Wildman–Crippen LogP) is 1.37. The van der Waals surface area contributed by atoms with Gasteiger partial charge in [0.25, 0.3) is 0 Å². The zero-order valence-corrected chi connectivity index (χ0v) is 13.3. The van der Waals surface area contributed by atoms with Crippen LogP contribution in [0, 0.1) is 18.8 Å². The third-order valence-corrected chi connectivity index (χ3v) is 4.76. The van der Waals surface area contributed by atoms with Crippen molar-refractivity contribution in [2.45, 2.75) is 18.2 Å². The minimum atomic E-state index is -3.56. The van der Waals surface area contributed by atoms with E-state index in [9.17, 15) is 8.42 Å². The average molecular weight is 313 g/mol. The van der Waals surface area contributed by atoms with Gasteiger partial charge in [0.15, 0.2) is 0 Å². The first-order valence-corrected chi connectivity index (χ1v) is 9.08. The molecule has 0 aromatic heterocycles. The van der Waals surface area contributed by atoms with Crippen LogP contribution in [0.3, 0.4) is 0 Å². The summed E-state index contributed by atoms with van der Waals surface area (Å²) in [6, 6.07) is 4.99. The number of aliphatic hydroxyl groups is 1. The Morgan fingerprint density at radius 1 is 1.40 bits per heavy atom. The van der Waals surface area contributed by atoms with Crippen LogP contribution in [0.2, 0.25) is 0 Å². The Morgan fingerprint density at radius 2 is 2.15 bits per heavy atom. The van der Waals surface area contributed by atoms with E-state index in [0.717, 1.165) is 17.7 Å². The number of sulfonamides is 1. The number of aryl methyl sites for hydroxylation is 1. The molecule has 0 heterocycles. The van der Waals surface area contributed by atoms with E-state index in [1.54, 1.807) is 30.0 Å². The van der Waals surface area contributed by atoms with Gasteiger partial charge in [-0.2, -0.15) is 11.8 Å². The summed E-state index contributed by atoms with van der Waals surface area (Å²) in [5.41, 5.74) is 1.34. The number of nitrogens with one attached hydrogen (secondary N) is 1. The SMILES string of the molecule is CSCCCNS(=O)(=O)c1ccc(C)cc1C#CCO. The van der Waals surface area contributed by atoms with Crippen molar-refractivity contribution < 1.29 is 13.5 Å². The minimum Gasteiger partial charge on any atom is -0.384 e. The van der Waals surface area contributed by atoms with Crippen LogP contribution < -0.4 is 4.72 Å². The predicted molar refractivity (Wildman–Crippen MR) is 83.3 cm³/mol. The Labute approximate surface area is 125 Å². The van der Waals surface area contributed by atoms with Gasteiger partial charge < -0.3 is 5.11 Å². The molecule has 0 fully saturated rings. The lowest BCUT2D eigenvalue weighted by Gasteiger charge is -2.09. The van der Waals surface area contributed by atoms with Gasteiger partial charge in [0, 0.05) is 12.1 Å². The first-order chi connectivity index (χ1) is 9.51. The standard InChI is InChI=1S/C14H19NO3S2/c1-12-6-7-14(13(11-12)5-3-9-16)20(17,18)15-8-4-10-19-2/h6-7,11,15-16H,4,8-10H2,1-2H3. The van der Waals surface area contributed by atoms with Crippen LogP contribution in [0.5, 0.6) is 0 Å². The first-order valence-electron chi connectivity index (χ1n) is 6.20. The van der Waals surface area contributed by atoms with E-state index in [2.05, 4.69) is 16.6 Å². The maximum Gasteiger partial charge on any atom is 0.241 e. The van der Waals surface area contributed by atoms with Crippen LogP contribution in [0.4, 0.5) is 0 Å². The molecule has 110 valence electrons. The van der Waals surface area contributed by atoms with Crippen LogP contribution in [-0.2, 0) is 10.0 Å². The molecule has 0 saturated carbocycles. The van der Waals surface area contributed by atoms with Crippen LogP contribution in [-0.4, -0.2) is 38.7 Å². The molecule has 0 spiro atoms. The van der Waals surface area contributed by atoms with Gasteiger partial charge in [-0.1, -0.05) is 17.9 Å². The molecule has 4 nitrogen and oxygen atoms in total. The highest BCUT2D eigenvalue weighted by molar-refractivity contribution is 7.98. The van der Waals surface area contributed by atoms with Crippen molar-refractivity contribution in [3.05, 3.63) is 29.3 Å². The van der Waals surface area contributed by atoms with E-state index in [1.165, 1.54) is 0 Å². The van der Waals surface area contributed by atoms with Gasteiger partial charge in [-0.25, -0.2) is 13.1 Å². The number of thioether (sulfide) groups is 1.